The Morgan fingerprint density at radius 3 is 2.37 bits per heavy atom. The Labute approximate surface area is 221 Å². The maximum Gasteiger partial charge on any atom is 0.257 e. The van der Waals surface area contributed by atoms with E-state index >= 15 is 0 Å². The molecule has 2 aromatic rings. The molecule has 9 heteroatoms. The number of carbonyl (C=O) groups is 2. The monoisotopic (exact) mass is 531 g/mol. The fraction of sp³-hybridized carbons (Fsp3) is 0.517. The van der Waals surface area contributed by atoms with Gasteiger partial charge in [0.15, 0.2) is 0 Å². The van der Waals surface area contributed by atoms with E-state index in [1.165, 1.54) is 29.2 Å². The smallest absolute Gasteiger partial charge is 0.257 e. The maximum atomic E-state index is 15.0. The summed E-state index contributed by atoms with van der Waals surface area (Å²) in [6.45, 7) is 5.96. The van der Waals surface area contributed by atoms with Crippen molar-refractivity contribution in [1.29, 1.82) is 0 Å². The molecule has 0 aliphatic carbocycles. The van der Waals surface area contributed by atoms with Crippen LogP contribution in [-0.4, -0.2) is 66.1 Å². The summed E-state index contributed by atoms with van der Waals surface area (Å²) in [4.78, 5) is 28.1. The first kappa shape index (κ1) is 28.0. The molecule has 38 heavy (non-hydrogen) atoms. The van der Waals surface area contributed by atoms with Gasteiger partial charge in [-0.15, -0.1) is 0 Å². The van der Waals surface area contributed by atoms with Crippen LogP contribution in [0.5, 0.6) is 5.75 Å². The van der Waals surface area contributed by atoms with Crippen LogP contribution in [0.2, 0.25) is 0 Å². The van der Waals surface area contributed by atoms with Gasteiger partial charge in [0, 0.05) is 24.7 Å². The number of nitrogens with two attached hydrogens (primary N) is 1. The second-order valence-electron chi connectivity index (χ2n) is 11.0. The van der Waals surface area contributed by atoms with Crippen LogP contribution in [0.4, 0.5) is 13.2 Å². The fourth-order valence-electron chi connectivity index (χ4n) is 5.36. The third-order valence-electron chi connectivity index (χ3n) is 7.34. The van der Waals surface area contributed by atoms with E-state index in [-0.39, 0.29) is 16.7 Å². The number of hydrogen-bond donors (Lipinski definition) is 1. The minimum Gasteiger partial charge on any atom is -0.493 e. The summed E-state index contributed by atoms with van der Waals surface area (Å²) in [5.41, 5.74) is 4.51. The first-order valence-electron chi connectivity index (χ1n) is 13.3. The third kappa shape index (κ3) is 6.87. The number of primary amides is 1. The second-order valence-corrected chi connectivity index (χ2v) is 11.0. The van der Waals surface area contributed by atoms with Crippen LogP contribution in [-0.2, 0) is 4.79 Å². The molecule has 6 nitrogen and oxygen atoms in total. The topological polar surface area (TPSA) is 75.9 Å². The Hall–Kier alpha value is -3.07. The summed E-state index contributed by atoms with van der Waals surface area (Å²) in [7, 11) is 0. The Balaban J connectivity index is 1.37. The van der Waals surface area contributed by atoms with Gasteiger partial charge in [0.25, 0.3) is 5.91 Å². The Morgan fingerprint density at radius 1 is 1.00 bits per heavy atom. The van der Waals surface area contributed by atoms with Crippen LogP contribution in [0, 0.1) is 17.6 Å². The Kier molecular flexibility index (Phi) is 8.65. The van der Waals surface area contributed by atoms with E-state index in [0.29, 0.717) is 44.2 Å². The second kappa shape index (κ2) is 11.8. The van der Waals surface area contributed by atoms with E-state index in [1.807, 2.05) is 0 Å². The molecule has 2 aliphatic rings. The molecule has 0 bridgehead atoms. The molecule has 2 amide bonds. The van der Waals surface area contributed by atoms with E-state index in [4.69, 9.17) is 10.5 Å². The van der Waals surface area contributed by atoms with Crippen molar-refractivity contribution in [1.82, 2.24) is 9.80 Å². The lowest BCUT2D eigenvalue weighted by atomic mass is 9.96. The number of alkyl halides is 1. The van der Waals surface area contributed by atoms with Crippen molar-refractivity contribution in [2.24, 2.45) is 11.7 Å². The van der Waals surface area contributed by atoms with Gasteiger partial charge in [0.1, 0.15) is 29.1 Å². The molecule has 2 fully saturated rings. The van der Waals surface area contributed by atoms with Crippen molar-refractivity contribution in [3.05, 3.63) is 53.6 Å². The van der Waals surface area contributed by atoms with Crippen molar-refractivity contribution < 1.29 is 27.5 Å². The van der Waals surface area contributed by atoms with Crippen LogP contribution in [0.25, 0.3) is 11.1 Å². The molecule has 4 rings (SSSR count). The van der Waals surface area contributed by atoms with Gasteiger partial charge in [0.05, 0.1) is 12.2 Å². The molecule has 2 aromatic carbocycles. The third-order valence-corrected chi connectivity index (χ3v) is 7.34. The largest absolute Gasteiger partial charge is 0.493 e. The first-order valence-corrected chi connectivity index (χ1v) is 13.3. The number of amides is 2. The summed E-state index contributed by atoms with van der Waals surface area (Å²) in [6.07, 6.45) is 3.72. The van der Waals surface area contributed by atoms with E-state index < -0.39 is 35.2 Å². The van der Waals surface area contributed by atoms with Gasteiger partial charge in [-0.2, -0.15) is 0 Å². The highest BCUT2D eigenvalue weighted by molar-refractivity contribution is 5.98. The Morgan fingerprint density at radius 2 is 1.74 bits per heavy atom. The molecular weight excluding hydrogens is 495 g/mol. The van der Waals surface area contributed by atoms with Crippen molar-refractivity contribution in [2.75, 3.05) is 32.8 Å². The highest BCUT2D eigenvalue weighted by Gasteiger charge is 2.32. The van der Waals surface area contributed by atoms with Crippen molar-refractivity contribution in [3.8, 4) is 16.9 Å². The quantitative estimate of drug-likeness (QED) is 0.523. The highest BCUT2D eigenvalue weighted by atomic mass is 19.1. The number of nitrogens with zero attached hydrogens (tertiary/aromatic N) is 2. The molecule has 1 atom stereocenters. The van der Waals surface area contributed by atoms with E-state index in [0.717, 1.165) is 38.4 Å². The van der Waals surface area contributed by atoms with Gasteiger partial charge >= 0.3 is 0 Å². The normalized spacial score (nSPS) is 19.4. The summed E-state index contributed by atoms with van der Waals surface area (Å²) < 4.78 is 49.7. The summed E-state index contributed by atoms with van der Waals surface area (Å²) in [5.74, 6) is -1.86. The van der Waals surface area contributed by atoms with Gasteiger partial charge in [-0.25, -0.2) is 13.2 Å². The van der Waals surface area contributed by atoms with E-state index in [2.05, 4.69) is 4.90 Å². The van der Waals surface area contributed by atoms with Gasteiger partial charge < -0.3 is 20.3 Å². The highest BCUT2D eigenvalue weighted by Crippen LogP contribution is 2.30. The molecular formula is C29H36F3N3O3. The average Bonchev–Trinajstić information content (AvgIpc) is 2.87. The molecule has 0 unspecified atom stereocenters. The van der Waals surface area contributed by atoms with Crippen LogP contribution >= 0.6 is 0 Å². The van der Waals surface area contributed by atoms with Crippen LogP contribution in [0.1, 0.15) is 56.3 Å². The number of piperidine rings is 2. The number of halogens is 3. The molecule has 0 radical (unpaired) electrons. The predicted molar refractivity (Wildman–Crippen MR) is 140 cm³/mol. The molecule has 2 saturated heterocycles. The van der Waals surface area contributed by atoms with Crippen LogP contribution in [0.3, 0.4) is 0 Å². The first-order chi connectivity index (χ1) is 18.0. The molecule has 2 aliphatic heterocycles. The zero-order valence-corrected chi connectivity index (χ0v) is 22.0. The van der Waals surface area contributed by atoms with Gasteiger partial charge in [-0.05, 0) is 94.8 Å². The standard InChI is InChI=1S/C29H36F3N3O3/c1-29(2,32)18-34-13-10-19(11-14-34)17-38-21-7-9-22(25(31)16-21)20-6-8-23(24(30)15-20)28(37)35-12-4-3-5-26(35)27(33)36/h6-9,15-16,19,26H,3-5,10-14,17-18H2,1-2H3,(H2,33,36)/t26-/m0/s1. The van der Waals surface area contributed by atoms with E-state index in [1.54, 1.807) is 19.9 Å². The van der Waals surface area contributed by atoms with Gasteiger partial charge in [-0.3, -0.25) is 9.59 Å². The molecule has 0 saturated carbocycles. The predicted octanol–water partition coefficient (Wildman–Crippen LogP) is 4.95. The number of benzene rings is 2. The number of rotatable bonds is 8. The van der Waals surface area contributed by atoms with Crippen LogP contribution < -0.4 is 10.5 Å². The van der Waals surface area contributed by atoms with Gasteiger partial charge in [-0.1, -0.05) is 6.07 Å². The lowest BCUT2D eigenvalue weighted by molar-refractivity contribution is -0.123. The lowest BCUT2D eigenvalue weighted by Crippen LogP contribution is -2.50. The summed E-state index contributed by atoms with van der Waals surface area (Å²) in [5, 5.41) is 0. The molecule has 0 aromatic heterocycles. The molecule has 206 valence electrons. The number of carbonyl (C=O) groups excluding carboxylic acids is 2. The number of ether oxygens (including phenoxy) is 1. The number of hydrogen-bond acceptors (Lipinski definition) is 4. The Bertz CT molecular complexity index is 1160. The number of likely N-dealkylation sites (tertiary alicyclic amines) is 2. The summed E-state index contributed by atoms with van der Waals surface area (Å²) in [6, 6.07) is 7.63. The molecule has 2 heterocycles. The maximum absolute atomic E-state index is 15.0. The summed E-state index contributed by atoms with van der Waals surface area (Å²) >= 11 is 0. The minimum atomic E-state index is -1.22. The van der Waals surface area contributed by atoms with Crippen molar-refractivity contribution >= 4 is 11.8 Å². The van der Waals surface area contributed by atoms with Crippen LogP contribution in [0.15, 0.2) is 36.4 Å². The molecule has 2 N–H and O–H groups in total. The minimum absolute atomic E-state index is 0.177. The van der Waals surface area contributed by atoms with Crippen molar-refractivity contribution in [3.63, 3.8) is 0 Å². The SMILES string of the molecule is CC(C)(F)CN1CCC(COc2ccc(-c3ccc(C(=O)N4CCCC[C@H]4C(N)=O)c(F)c3)c(F)c2)CC1. The fourth-order valence-corrected chi connectivity index (χ4v) is 5.36. The average molecular weight is 532 g/mol. The lowest BCUT2D eigenvalue weighted by Gasteiger charge is -2.34. The van der Waals surface area contributed by atoms with E-state index in [9.17, 15) is 22.8 Å². The molecule has 0 spiro atoms. The van der Waals surface area contributed by atoms with Gasteiger partial charge in [0.2, 0.25) is 5.91 Å². The zero-order valence-electron chi connectivity index (χ0n) is 22.0. The zero-order chi connectivity index (χ0) is 27.4. The van der Waals surface area contributed by atoms with Crippen molar-refractivity contribution in [2.45, 2.75) is 57.7 Å².